The van der Waals surface area contributed by atoms with E-state index in [1.807, 2.05) is 26.0 Å². The average molecular weight is 375 g/mol. The van der Waals surface area contributed by atoms with Crippen LogP contribution < -0.4 is 5.32 Å². The Morgan fingerprint density at radius 1 is 1.04 bits per heavy atom. The Labute approximate surface area is 144 Å². The lowest BCUT2D eigenvalue weighted by Crippen LogP contribution is -2.30. The highest BCUT2D eigenvalue weighted by molar-refractivity contribution is 9.10. The number of hydrogen-bond acceptors (Lipinski definition) is 2. The van der Waals surface area contributed by atoms with E-state index in [2.05, 4.69) is 21.2 Å². The summed E-state index contributed by atoms with van der Waals surface area (Å²) in [7, 11) is 0. The van der Waals surface area contributed by atoms with Gasteiger partial charge in [0, 0.05) is 28.8 Å². The Balaban J connectivity index is 2.19. The number of nitrogens with zero attached hydrogens (tertiary/aromatic N) is 1. The minimum absolute atomic E-state index is 0.0352. The maximum absolute atomic E-state index is 12.4. The fraction of sp³-hybridized carbons (Fsp3) is 0.222. The summed E-state index contributed by atoms with van der Waals surface area (Å²) in [6.45, 7) is 5.20. The summed E-state index contributed by atoms with van der Waals surface area (Å²) >= 11 is 3.36. The van der Waals surface area contributed by atoms with E-state index in [1.54, 1.807) is 41.3 Å². The van der Waals surface area contributed by atoms with E-state index in [0.717, 1.165) is 4.47 Å². The van der Waals surface area contributed by atoms with Gasteiger partial charge in [0.25, 0.3) is 11.8 Å². The largest absolute Gasteiger partial charge is 0.339 e. The summed E-state index contributed by atoms with van der Waals surface area (Å²) in [6.07, 6.45) is 0. The van der Waals surface area contributed by atoms with E-state index in [0.29, 0.717) is 29.9 Å². The summed E-state index contributed by atoms with van der Waals surface area (Å²) in [4.78, 5) is 26.4. The SMILES string of the molecule is CCN(CC)C(=O)c1cccc(NC(=O)c2ccccc2Br)c1. The Morgan fingerprint density at radius 3 is 2.39 bits per heavy atom. The predicted molar refractivity (Wildman–Crippen MR) is 95.8 cm³/mol. The van der Waals surface area contributed by atoms with Gasteiger partial charge in [-0.25, -0.2) is 0 Å². The number of rotatable bonds is 5. The highest BCUT2D eigenvalue weighted by Crippen LogP contribution is 2.19. The van der Waals surface area contributed by atoms with E-state index < -0.39 is 0 Å². The first kappa shape index (κ1) is 17.2. The second-order valence-electron chi connectivity index (χ2n) is 4.99. The topological polar surface area (TPSA) is 49.4 Å². The first-order chi connectivity index (χ1) is 11.1. The normalized spacial score (nSPS) is 10.2. The molecule has 0 aliphatic rings. The van der Waals surface area contributed by atoms with Crippen LogP contribution >= 0.6 is 15.9 Å². The van der Waals surface area contributed by atoms with Crippen molar-refractivity contribution in [3.05, 3.63) is 64.1 Å². The fourth-order valence-electron chi connectivity index (χ4n) is 2.27. The molecule has 2 aromatic carbocycles. The maximum atomic E-state index is 12.4. The van der Waals surface area contributed by atoms with Crippen LogP contribution in [-0.2, 0) is 0 Å². The molecule has 0 bridgehead atoms. The molecule has 0 radical (unpaired) electrons. The van der Waals surface area contributed by atoms with Crippen molar-refractivity contribution in [2.24, 2.45) is 0 Å². The third-order valence-electron chi connectivity index (χ3n) is 3.54. The molecule has 0 unspecified atom stereocenters. The number of benzene rings is 2. The fourth-order valence-corrected chi connectivity index (χ4v) is 2.73. The molecule has 0 saturated heterocycles. The molecular weight excluding hydrogens is 356 g/mol. The molecule has 23 heavy (non-hydrogen) atoms. The first-order valence-electron chi connectivity index (χ1n) is 7.52. The zero-order chi connectivity index (χ0) is 16.8. The third-order valence-corrected chi connectivity index (χ3v) is 4.23. The van der Waals surface area contributed by atoms with Crippen LogP contribution in [0, 0.1) is 0 Å². The molecule has 1 N–H and O–H groups in total. The van der Waals surface area contributed by atoms with Gasteiger partial charge in [0.1, 0.15) is 0 Å². The molecule has 2 amide bonds. The summed E-state index contributed by atoms with van der Waals surface area (Å²) in [5, 5.41) is 2.83. The average Bonchev–Trinajstić information content (AvgIpc) is 2.56. The van der Waals surface area contributed by atoms with Gasteiger partial charge in [0.05, 0.1) is 5.56 Å². The molecule has 0 aliphatic carbocycles. The van der Waals surface area contributed by atoms with Gasteiger partial charge >= 0.3 is 0 Å². The van der Waals surface area contributed by atoms with Crippen molar-refractivity contribution >= 4 is 33.4 Å². The van der Waals surface area contributed by atoms with Gasteiger partial charge in [0.15, 0.2) is 0 Å². The molecule has 5 heteroatoms. The summed E-state index contributed by atoms with van der Waals surface area (Å²) in [6, 6.07) is 14.2. The van der Waals surface area contributed by atoms with Gasteiger partial charge in [-0.05, 0) is 60.1 Å². The first-order valence-corrected chi connectivity index (χ1v) is 8.31. The molecule has 0 fully saturated rings. The van der Waals surface area contributed by atoms with Gasteiger partial charge in [0.2, 0.25) is 0 Å². The van der Waals surface area contributed by atoms with Crippen molar-refractivity contribution in [1.82, 2.24) is 4.90 Å². The van der Waals surface area contributed by atoms with Gasteiger partial charge in [-0.3, -0.25) is 9.59 Å². The maximum Gasteiger partial charge on any atom is 0.256 e. The van der Waals surface area contributed by atoms with Crippen molar-refractivity contribution in [1.29, 1.82) is 0 Å². The predicted octanol–water partition coefficient (Wildman–Crippen LogP) is 4.18. The van der Waals surface area contributed by atoms with Gasteiger partial charge < -0.3 is 10.2 Å². The third kappa shape index (κ3) is 4.20. The minimum atomic E-state index is -0.218. The molecule has 0 aromatic heterocycles. The van der Waals surface area contributed by atoms with Crippen molar-refractivity contribution in [3.8, 4) is 0 Å². The van der Waals surface area contributed by atoms with Crippen molar-refractivity contribution in [2.45, 2.75) is 13.8 Å². The highest BCUT2D eigenvalue weighted by atomic mass is 79.9. The number of nitrogens with one attached hydrogen (secondary N) is 1. The summed E-state index contributed by atoms with van der Waals surface area (Å²) < 4.78 is 0.730. The van der Waals surface area contributed by atoms with Crippen LogP contribution in [-0.4, -0.2) is 29.8 Å². The molecule has 0 spiro atoms. The van der Waals surface area contributed by atoms with Crippen LogP contribution in [0.5, 0.6) is 0 Å². The summed E-state index contributed by atoms with van der Waals surface area (Å²) in [5.74, 6) is -0.253. The Hall–Kier alpha value is -2.14. The zero-order valence-corrected chi connectivity index (χ0v) is 14.8. The second kappa shape index (κ2) is 7.92. The molecular formula is C18H19BrN2O2. The molecule has 2 aromatic rings. The van der Waals surface area contributed by atoms with Crippen LogP contribution in [0.15, 0.2) is 53.0 Å². The quantitative estimate of drug-likeness (QED) is 0.852. The minimum Gasteiger partial charge on any atom is -0.339 e. The van der Waals surface area contributed by atoms with Gasteiger partial charge in [-0.1, -0.05) is 18.2 Å². The Morgan fingerprint density at radius 2 is 1.74 bits per heavy atom. The van der Waals surface area contributed by atoms with Crippen molar-refractivity contribution in [3.63, 3.8) is 0 Å². The van der Waals surface area contributed by atoms with Crippen molar-refractivity contribution in [2.75, 3.05) is 18.4 Å². The number of hydrogen-bond donors (Lipinski definition) is 1. The lowest BCUT2D eigenvalue weighted by atomic mass is 10.1. The van der Waals surface area contributed by atoms with Crippen LogP contribution in [0.25, 0.3) is 0 Å². The van der Waals surface area contributed by atoms with Crippen LogP contribution in [0.3, 0.4) is 0 Å². The second-order valence-corrected chi connectivity index (χ2v) is 5.85. The molecule has 0 heterocycles. The van der Waals surface area contributed by atoms with Crippen molar-refractivity contribution < 1.29 is 9.59 Å². The van der Waals surface area contributed by atoms with E-state index in [4.69, 9.17) is 0 Å². The standard InChI is InChI=1S/C18H19BrN2O2/c1-3-21(4-2)18(23)13-8-7-9-14(12-13)20-17(22)15-10-5-6-11-16(15)19/h5-12H,3-4H2,1-2H3,(H,20,22). The molecule has 0 saturated carbocycles. The molecule has 120 valence electrons. The van der Waals surface area contributed by atoms with Gasteiger partial charge in [-0.15, -0.1) is 0 Å². The molecule has 0 aliphatic heterocycles. The lowest BCUT2D eigenvalue weighted by Gasteiger charge is -2.19. The smallest absolute Gasteiger partial charge is 0.256 e. The lowest BCUT2D eigenvalue weighted by molar-refractivity contribution is 0.0772. The number of halogens is 1. The molecule has 0 atom stereocenters. The number of amides is 2. The Bertz CT molecular complexity index is 712. The zero-order valence-electron chi connectivity index (χ0n) is 13.2. The van der Waals surface area contributed by atoms with E-state index in [9.17, 15) is 9.59 Å². The number of carbonyl (C=O) groups excluding carboxylic acids is 2. The van der Waals surface area contributed by atoms with E-state index >= 15 is 0 Å². The molecule has 2 rings (SSSR count). The van der Waals surface area contributed by atoms with Crippen LogP contribution in [0.2, 0.25) is 0 Å². The van der Waals surface area contributed by atoms with E-state index in [-0.39, 0.29) is 11.8 Å². The highest BCUT2D eigenvalue weighted by Gasteiger charge is 2.14. The number of carbonyl (C=O) groups is 2. The monoisotopic (exact) mass is 374 g/mol. The Kier molecular flexibility index (Phi) is 5.93. The number of anilines is 1. The molecule has 4 nitrogen and oxygen atoms in total. The van der Waals surface area contributed by atoms with Crippen LogP contribution in [0.4, 0.5) is 5.69 Å². The summed E-state index contributed by atoms with van der Waals surface area (Å²) in [5.41, 5.74) is 1.72. The van der Waals surface area contributed by atoms with E-state index in [1.165, 1.54) is 0 Å². The van der Waals surface area contributed by atoms with Crippen LogP contribution in [0.1, 0.15) is 34.6 Å². The van der Waals surface area contributed by atoms with Gasteiger partial charge in [-0.2, -0.15) is 0 Å².